The standard InChI is InChI=1S/C15H12BrN3O3S.Na/c1-22-15-14(17-9-13(16)18-15)19-23(20,21)12-8-4-6-10-5-2-3-7-11(10)12;/h2-9H,1H3,(H,17,19);. The number of sulfonamides is 1. The molecule has 0 fully saturated rings. The van der Waals surface area contributed by atoms with Gasteiger partial charge in [0, 0.05) is 34.9 Å². The second-order valence-electron chi connectivity index (χ2n) is 4.63. The Balaban J connectivity index is 0.00000208. The summed E-state index contributed by atoms with van der Waals surface area (Å²) in [6.45, 7) is 0. The molecule has 1 radical (unpaired) electrons. The van der Waals surface area contributed by atoms with Gasteiger partial charge in [-0.25, -0.2) is 18.4 Å². The molecule has 2 aromatic carbocycles. The molecule has 0 bridgehead atoms. The summed E-state index contributed by atoms with van der Waals surface area (Å²) in [5.41, 5.74) is 0. The van der Waals surface area contributed by atoms with Crippen LogP contribution in [0, 0.1) is 0 Å². The Labute approximate surface area is 170 Å². The summed E-state index contributed by atoms with van der Waals surface area (Å²) >= 11 is 3.16. The van der Waals surface area contributed by atoms with Crippen LogP contribution in [0.1, 0.15) is 0 Å². The van der Waals surface area contributed by atoms with Crippen molar-refractivity contribution in [2.24, 2.45) is 0 Å². The molecule has 0 saturated heterocycles. The SMILES string of the molecule is COc1nc(Br)cnc1NS(=O)(=O)c1cccc2ccccc12.[Na]. The first-order valence-electron chi connectivity index (χ1n) is 6.58. The van der Waals surface area contributed by atoms with Crippen molar-refractivity contribution in [2.75, 3.05) is 11.8 Å². The Hall–Kier alpha value is -1.19. The maximum Gasteiger partial charge on any atom is 0.263 e. The zero-order valence-corrected chi connectivity index (χ0v) is 17.4. The van der Waals surface area contributed by atoms with Gasteiger partial charge in [-0.1, -0.05) is 36.4 Å². The third-order valence-electron chi connectivity index (χ3n) is 3.17. The van der Waals surface area contributed by atoms with Crippen LogP contribution in [0.15, 0.2) is 58.2 Å². The number of anilines is 1. The fourth-order valence-corrected chi connectivity index (χ4v) is 3.68. The molecule has 0 spiro atoms. The molecule has 24 heavy (non-hydrogen) atoms. The number of halogens is 1. The average Bonchev–Trinajstić information content (AvgIpc) is 2.55. The molecule has 1 heterocycles. The minimum absolute atomic E-state index is 0. The fourth-order valence-electron chi connectivity index (χ4n) is 2.18. The van der Waals surface area contributed by atoms with Crippen LogP contribution in [0.5, 0.6) is 5.88 Å². The molecule has 0 aliphatic heterocycles. The van der Waals surface area contributed by atoms with Gasteiger partial charge in [-0.15, -0.1) is 0 Å². The van der Waals surface area contributed by atoms with E-state index in [0.29, 0.717) is 9.99 Å². The molecular formula is C15H12BrN3NaO3S. The van der Waals surface area contributed by atoms with Crippen LogP contribution in [0.4, 0.5) is 5.82 Å². The zero-order valence-electron chi connectivity index (χ0n) is 13.0. The van der Waals surface area contributed by atoms with Gasteiger partial charge in [0.25, 0.3) is 15.9 Å². The second kappa shape index (κ2) is 7.79. The van der Waals surface area contributed by atoms with Crippen LogP contribution in [0.2, 0.25) is 0 Å². The molecule has 1 aromatic heterocycles. The number of nitrogens with one attached hydrogen (secondary N) is 1. The first-order valence-corrected chi connectivity index (χ1v) is 8.86. The Morgan fingerprint density at radius 1 is 1.12 bits per heavy atom. The van der Waals surface area contributed by atoms with E-state index in [0.717, 1.165) is 5.39 Å². The minimum atomic E-state index is -3.83. The predicted octanol–water partition coefficient (Wildman–Crippen LogP) is 2.82. The minimum Gasteiger partial charge on any atom is -0.478 e. The summed E-state index contributed by atoms with van der Waals surface area (Å²) in [5.74, 6) is 0.117. The summed E-state index contributed by atoms with van der Waals surface area (Å²) in [5, 5.41) is 1.47. The van der Waals surface area contributed by atoms with Crippen molar-refractivity contribution in [3.8, 4) is 5.88 Å². The second-order valence-corrected chi connectivity index (χ2v) is 7.10. The molecule has 0 atom stereocenters. The molecule has 6 nitrogen and oxygen atoms in total. The number of hydrogen-bond acceptors (Lipinski definition) is 5. The number of methoxy groups -OCH3 is 1. The van der Waals surface area contributed by atoms with E-state index in [1.165, 1.54) is 13.3 Å². The van der Waals surface area contributed by atoms with Crippen LogP contribution < -0.4 is 9.46 Å². The molecule has 0 unspecified atom stereocenters. The van der Waals surface area contributed by atoms with Crippen LogP contribution in [0.3, 0.4) is 0 Å². The Morgan fingerprint density at radius 3 is 2.58 bits per heavy atom. The van der Waals surface area contributed by atoms with E-state index in [9.17, 15) is 8.42 Å². The number of aromatic nitrogens is 2. The smallest absolute Gasteiger partial charge is 0.263 e. The molecule has 0 aliphatic rings. The number of benzene rings is 2. The topological polar surface area (TPSA) is 81.2 Å². The van der Waals surface area contributed by atoms with Gasteiger partial charge in [-0.05, 0) is 27.4 Å². The van der Waals surface area contributed by atoms with E-state index < -0.39 is 10.0 Å². The Bertz CT molecular complexity index is 977. The van der Waals surface area contributed by atoms with Crippen LogP contribution in [-0.4, -0.2) is 55.1 Å². The number of rotatable bonds is 4. The van der Waals surface area contributed by atoms with E-state index >= 15 is 0 Å². The van der Waals surface area contributed by atoms with Gasteiger partial charge in [0.1, 0.15) is 4.60 Å². The molecular weight excluding hydrogens is 405 g/mol. The molecule has 3 aromatic rings. The van der Waals surface area contributed by atoms with Crippen molar-refractivity contribution >= 4 is 72.1 Å². The van der Waals surface area contributed by atoms with E-state index in [2.05, 4.69) is 30.6 Å². The van der Waals surface area contributed by atoms with Crippen molar-refractivity contribution in [1.29, 1.82) is 0 Å². The Morgan fingerprint density at radius 2 is 1.83 bits per heavy atom. The van der Waals surface area contributed by atoms with Crippen molar-refractivity contribution < 1.29 is 13.2 Å². The van der Waals surface area contributed by atoms with E-state index in [1.807, 2.05) is 18.2 Å². The maximum atomic E-state index is 12.7. The van der Waals surface area contributed by atoms with Gasteiger partial charge in [-0.3, -0.25) is 4.72 Å². The Kier molecular flexibility index (Phi) is 6.22. The van der Waals surface area contributed by atoms with E-state index in [4.69, 9.17) is 4.74 Å². The maximum absolute atomic E-state index is 12.7. The molecule has 0 aliphatic carbocycles. The molecule has 119 valence electrons. The van der Waals surface area contributed by atoms with Crippen LogP contribution >= 0.6 is 15.9 Å². The summed E-state index contributed by atoms with van der Waals surface area (Å²) in [6.07, 6.45) is 1.39. The van der Waals surface area contributed by atoms with Gasteiger partial charge in [0.05, 0.1) is 18.2 Å². The third kappa shape index (κ3) is 3.89. The van der Waals surface area contributed by atoms with Crippen molar-refractivity contribution in [2.45, 2.75) is 4.90 Å². The molecule has 9 heteroatoms. The van der Waals surface area contributed by atoms with Gasteiger partial charge < -0.3 is 4.74 Å². The first-order chi connectivity index (χ1) is 11.0. The summed E-state index contributed by atoms with van der Waals surface area (Å²) < 4.78 is 33.4. The number of hydrogen-bond donors (Lipinski definition) is 1. The zero-order chi connectivity index (χ0) is 16.4. The average molecular weight is 417 g/mol. The van der Waals surface area contributed by atoms with Gasteiger partial charge in [0.15, 0.2) is 0 Å². The molecule has 1 N–H and O–H groups in total. The third-order valence-corrected chi connectivity index (χ3v) is 4.95. The number of nitrogens with zero attached hydrogens (tertiary/aromatic N) is 2. The number of ether oxygens (including phenoxy) is 1. The van der Waals surface area contributed by atoms with Gasteiger partial charge >= 0.3 is 0 Å². The quantitative estimate of drug-likeness (QED) is 0.661. The molecule has 0 amide bonds. The van der Waals surface area contributed by atoms with Crippen molar-refractivity contribution in [1.82, 2.24) is 9.97 Å². The fraction of sp³-hybridized carbons (Fsp3) is 0.0667. The van der Waals surface area contributed by atoms with Crippen molar-refractivity contribution in [3.63, 3.8) is 0 Å². The first kappa shape index (κ1) is 19.1. The van der Waals surface area contributed by atoms with Gasteiger partial charge in [0.2, 0.25) is 5.82 Å². The number of fused-ring (bicyclic) bond motifs is 1. The summed E-state index contributed by atoms with van der Waals surface area (Å²) in [4.78, 5) is 8.22. The van der Waals surface area contributed by atoms with Crippen molar-refractivity contribution in [3.05, 3.63) is 53.3 Å². The predicted molar refractivity (Wildman–Crippen MR) is 96.8 cm³/mol. The molecule has 3 rings (SSSR count). The van der Waals surface area contributed by atoms with Gasteiger partial charge in [-0.2, -0.15) is 0 Å². The van der Waals surface area contributed by atoms with Crippen LogP contribution in [0.25, 0.3) is 10.8 Å². The van der Waals surface area contributed by atoms with Crippen LogP contribution in [-0.2, 0) is 10.0 Å². The largest absolute Gasteiger partial charge is 0.478 e. The normalized spacial score (nSPS) is 10.9. The molecule has 0 saturated carbocycles. The summed E-state index contributed by atoms with van der Waals surface area (Å²) in [7, 11) is -2.44. The van der Waals surface area contributed by atoms with E-state index in [-0.39, 0.29) is 46.2 Å². The van der Waals surface area contributed by atoms with E-state index in [1.54, 1.807) is 24.3 Å². The summed E-state index contributed by atoms with van der Waals surface area (Å²) in [6, 6.07) is 12.4. The monoisotopic (exact) mass is 416 g/mol.